The first-order valence-corrected chi connectivity index (χ1v) is 8.04. The monoisotopic (exact) mass is 328 g/mol. The highest BCUT2D eigenvalue weighted by atomic mass is 16.5. The van der Waals surface area contributed by atoms with Crippen molar-refractivity contribution in [3.63, 3.8) is 0 Å². The first kappa shape index (κ1) is 17.9. The molecule has 0 fully saturated rings. The number of aryl methyl sites for hydroxylation is 1. The molecule has 2 aromatic rings. The van der Waals surface area contributed by atoms with Crippen LogP contribution in [0.4, 0.5) is 0 Å². The Morgan fingerprint density at radius 2 is 1.75 bits per heavy atom. The Morgan fingerprint density at radius 3 is 2.38 bits per heavy atom. The third kappa shape index (κ3) is 4.51. The van der Waals surface area contributed by atoms with Gasteiger partial charge in [0.2, 0.25) is 0 Å². The van der Waals surface area contributed by atoms with Gasteiger partial charge < -0.3 is 14.2 Å². The van der Waals surface area contributed by atoms with Gasteiger partial charge in [-0.25, -0.2) is 0 Å². The predicted molar refractivity (Wildman–Crippen MR) is 94.6 cm³/mol. The Morgan fingerprint density at radius 1 is 1.00 bits per heavy atom. The van der Waals surface area contributed by atoms with E-state index in [1.807, 2.05) is 12.1 Å². The van der Waals surface area contributed by atoms with Crippen molar-refractivity contribution in [2.75, 3.05) is 20.3 Å². The molecule has 128 valence electrons. The van der Waals surface area contributed by atoms with Crippen molar-refractivity contribution in [1.29, 1.82) is 0 Å². The molecule has 0 atom stereocenters. The van der Waals surface area contributed by atoms with E-state index in [1.165, 1.54) is 11.1 Å². The van der Waals surface area contributed by atoms with Crippen molar-refractivity contribution >= 4 is 6.29 Å². The lowest BCUT2D eigenvalue weighted by atomic mass is 9.98. The van der Waals surface area contributed by atoms with Gasteiger partial charge in [-0.1, -0.05) is 19.9 Å². The average molecular weight is 328 g/mol. The summed E-state index contributed by atoms with van der Waals surface area (Å²) in [7, 11) is 1.57. The summed E-state index contributed by atoms with van der Waals surface area (Å²) in [6, 6.07) is 11.2. The van der Waals surface area contributed by atoms with Gasteiger partial charge in [0.15, 0.2) is 11.5 Å². The van der Waals surface area contributed by atoms with Gasteiger partial charge in [0, 0.05) is 5.56 Å². The number of methoxy groups -OCH3 is 1. The van der Waals surface area contributed by atoms with E-state index in [-0.39, 0.29) is 0 Å². The normalized spacial score (nSPS) is 10.5. The van der Waals surface area contributed by atoms with E-state index < -0.39 is 0 Å². The molecule has 0 radical (unpaired) electrons. The molecule has 2 aromatic carbocycles. The fraction of sp³-hybridized carbons (Fsp3) is 0.350. The highest BCUT2D eigenvalue weighted by Gasteiger charge is 2.07. The van der Waals surface area contributed by atoms with Gasteiger partial charge in [-0.05, 0) is 54.3 Å². The molecule has 0 amide bonds. The molecule has 2 rings (SSSR count). The van der Waals surface area contributed by atoms with Crippen LogP contribution in [-0.4, -0.2) is 26.6 Å². The number of carbonyl (C=O) groups is 1. The van der Waals surface area contributed by atoms with Gasteiger partial charge >= 0.3 is 0 Å². The Hall–Kier alpha value is -2.49. The fourth-order valence-corrected chi connectivity index (χ4v) is 2.58. The van der Waals surface area contributed by atoms with E-state index in [9.17, 15) is 4.79 Å². The van der Waals surface area contributed by atoms with Crippen LogP contribution in [0, 0.1) is 6.92 Å². The molecule has 4 nitrogen and oxygen atoms in total. The van der Waals surface area contributed by atoms with E-state index in [0.717, 1.165) is 12.0 Å². The SMILES string of the molecule is COc1ccc(C=O)cc1OCCOc1ccc(C(C)C)c(C)c1. The second-order valence-corrected chi connectivity index (χ2v) is 5.90. The molecule has 0 N–H and O–H groups in total. The van der Waals surface area contributed by atoms with Gasteiger partial charge in [0.25, 0.3) is 0 Å². The zero-order valence-electron chi connectivity index (χ0n) is 14.7. The molecule has 0 spiro atoms. The van der Waals surface area contributed by atoms with Crippen LogP contribution in [0.2, 0.25) is 0 Å². The minimum atomic E-state index is 0.365. The lowest BCUT2D eigenvalue weighted by molar-refractivity contribution is 0.112. The van der Waals surface area contributed by atoms with Crippen LogP contribution < -0.4 is 14.2 Å². The average Bonchev–Trinajstić information content (AvgIpc) is 2.58. The van der Waals surface area contributed by atoms with Gasteiger partial charge in [0.05, 0.1) is 7.11 Å². The number of aldehydes is 1. The van der Waals surface area contributed by atoms with E-state index in [0.29, 0.717) is 36.2 Å². The van der Waals surface area contributed by atoms with Crippen LogP contribution in [0.1, 0.15) is 41.3 Å². The standard InChI is InChI=1S/C20H24O4/c1-14(2)18-7-6-17(11-15(18)3)23-9-10-24-20-12-16(13-21)5-8-19(20)22-4/h5-8,11-14H,9-10H2,1-4H3. The molecule has 0 aliphatic heterocycles. The van der Waals surface area contributed by atoms with Crippen molar-refractivity contribution in [2.45, 2.75) is 26.7 Å². The molecule has 0 saturated carbocycles. The summed E-state index contributed by atoms with van der Waals surface area (Å²) in [5, 5.41) is 0. The number of carbonyl (C=O) groups excluding carboxylic acids is 1. The maximum absolute atomic E-state index is 10.9. The molecule has 0 saturated heterocycles. The summed E-state index contributed by atoms with van der Waals surface area (Å²) in [6.07, 6.45) is 0.780. The lowest BCUT2D eigenvalue weighted by Crippen LogP contribution is -2.10. The Kier molecular flexibility index (Phi) is 6.24. The minimum Gasteiger partial charge on any atom is -0.493 e. The first-order chi connectivity index (χ1) is 11.5. The van der Waals surface area contributed by atoms with Gasteiger partial charge in [-0.15, -0.1) is 0 Å². The minimum absolute atomic E-state index is 0.365. The van der Waals surface area contributed by atoms with E-state index in [4.69, 9.17) is 14.2 Å². The number of benzene rings is 2. The van der Waals surface area contributed by atoms with Crippen molar-refractivity contribution in [2.24, 2.45) is 0 Å². The van der Waals surface area contributed by atoms with Gasteiger partial charge in [0.1, 0.15) is 25.2 Å². The highest BCUT2D eigenvalue weighted by molar-refractivity contribution is 5.76. The molecular weight excluding hydrogens is 304 g/mol. The topological polar surface area (TPSA) is 44.8 Å². The predicted octanol–water partition coefficient (Wildman–Crippen LogP) is 4.40. The van der Waals surface area contributed by atoms with Crippen molar-refractivity contribution in [3.05, 3.63) is 53.1 Å². The van der Waals surface area contributed by atoms with E-state index in [2.05, 4.69) is 26.8 Å². The van der Waals surface area contributed by atoms with Gasteiger partial charge in [-0.3, -0.25) is 4.79 Å². The maximum atomic E-state index is 10.9. The lowest BCUT2D eigenvalue weighted by Gasteiger charge is -2.14. The molecule has 0 aliphatic rings. The molecule has 24 heavy (non-hydrogen) atoms. The third-order valence-corrected chi connectivity index (χ3v) is 3.80. The molecule has 0 aromatic heterocycles. The maximum Gasteiger partial charge on any atom is 0.162 e. The molecule has 0 heterocycles. The quantitative estimate of drug-likeness (QED) is 0.532. The van der Waals surface area contributed by atoms with E-state index >= 15 is 0 Å². The van der Waals surface area contributed by atoms with Crippen molar-refractivity contribution in [1.82, 2.24) is 0 Å². The number of rotatable bonds is 8. The van der Waals surface area contributed by atoms with Crippen LogP contribution in [0.15, 0.2) is 36.4 Å². The first-order valence-electron chi connectivity index (χ1n) is 8.04. The van der Waals surface area contributed by atoms with Crippen LogP contribution in [0.3, 0.4) is 0 Å². The summed E-state index contributed by atoms with van der Waals surface area (Å²) < 4.78 is 16.6. The number of hydrogen-bond donors (Lipinski definition) is 0. The van der Waals surface area contributed by atoms with Crippen molar-refractivity contribution < 1.29 is 19.0 Å². The summed E-state index contributed by atoms with van der Waals surface area (Å²) >= 11 is 0. The summed E-state index contributed by atoms with van der Waals surface area (Å²) in [6.45, 7) is 7.22. The fourth-order valence-electron chi connectivity index (χ4n) is 2.58. The summed E-state index contributed by atoms with van der Waals surface area (Å²) in [4.78, 5) is 10.9. The number of ether oxygens (including phenoxy) is 3. The van der Waals surface area contributed by atoms with Gasteiger partial charge in [-0.2, -0.15) is 0 Å². The Labute approximate surface area is 143 Å². The zero-order valence-corrected chi connectivity index (χ0v) is 14.7. The second kappa shape index (κ2) is 8.39. The molecular formula is C20H24O4. The molecule has 0 bridgehead atoms. The molecule has 0 aliphatic carbocycles. The Bertz CT molecular complexity index is 692. The number of hydrogen-bond acceptors (Lipinski definition) is 4. The third-order valence-electron chi connectivity index (χ3n) is 3.80. The van der Waals surface area contributed by atoms with Crippen molar-refractivity contribution in [3.8, 4) is 17.2 Å². The smallest absolute Gasteiger partial charge is 0.162 e. The second-order valence-electron chi connectivity index (χ2n) is 5.90. The highest BCUT2D eigenvalue weighted by Crippen LogP contribution is 2.27. The van der Waals surface area contributed by atoms with Crippen LogP contribution >= 0.6 is 0 Å². The molecule has 4 heteroatoms. The van der Waals surface area contributed by atoms with Crippen LogP contribution in [0.25, 0.3) is 0 Å². The summed E-state index contributed by atoms with van der Waals surface area (Å²) in [5.74, 6) is 2.46. The molecule has 0 unspecified atom stereocenters. The van der Waals surface area contributed by atoms with E-state index in [1.54, 1.807) is 25.3 Å². The summed E-state index contributed by atoms with van der Waals surface area (Å²) in [5.41, 5.74) is 3.10. The zero-order chi connectivity index (χ0) is 17.5. The van der Waals surface area contributed by atoms with Crippen LogP contribution in [-0.2, 0) is 0 Å². The van der Waals surface area contributed by atoms with Crippen LogP contribution in [0.5, 0.6) is 17.2 Å². The Balaban J connectivity index is 1.91. The largest absolute Gasteiger partial charge is 0.493 e.